The van der Waals surface area contributed by atoms with Crippen LogP contribution in [0.25, 0.3) is 0 Å². The molecule has 0 aromatic carbocycles. The van der Waals surface area contributed by atoms with E-state index in [2.05, 4.69) is 6.92 Å². The number of esters is 1. The third kappa shape index (κ3) is 0.445. The lowest BCUT2D eigenvalue weighted by molar-refractivity contribution is -0.146. The van der Waals surface area contributed by atoms with Crippen molar-refractivity contribution in [2.45, 2.75) is 32.3 Å². The van der Waals surface area contributed by atoms with Gasteiger partial charge in [-0.1, -0.05) is 6.92 Å². The first kappa shape index (κ1) is 6.04. The van der Waals surface area contributed by atoms with E-state index in [9.17, 15) is 4.79 Å². The molecule has 0 N–H and O–H groups in total. The zero-order valence-electron chi connectivity index (χ0n) is 6.67. The Morgan fingerprint density at radius 2 is 2.36 bits per heavy atom. The van der Waals surface area contributed by atoms with E-state index in [0.29, 0.717) is 0 Å². The summed E-state index contributed by atoms with van der Waals surface area (Å²) in [5, 5.41) is 0. The van der Waals surface area contributed by atoms with Crippen molar-refractivity contribution in [2.24, 2.45) is 17.3 Å². The maximum Gasteiger partial charge on any atom is 0.309 e. The summed E-state index contributed by atoms with van der Waals surface area (Å²) in [5.74, 6) is 1.14. The lowest BCUT2D eigenvalue weighted by Crippen LogP contribution is -2.46. The van der Waals surface area contributed by atoms with E-state index < -0.39 is 0 Å². The van der Waals surface area contributed by atoms with Gasteiger partial charge in [-0.15, -0.1) is 0 Å². The van der Waals surface area contributed by atoms with Crippen molar-refractivity contribution in [3.8, 4) is 0 Å². The van der Waals surface area contributed by atoms with E-state index in [4.69, 9.17) is 4.74 Å². The highest BCUT2D eigenvalue weighted by molar-refractivity contribution is 5.78. The van der Waals surface area contributed by atoms with Crippen molar-refractivity contribution in [3.05, 3.63) is 0 Å². The summed E-state index contributed by atoms with van der Waals surface area (Å²) in [7, 11) is 0. The second-order valence-electron chi connectivity index (χ2n) is 4.35. The summed E-state index contributed by atoms with van der Waals surface area (Å²) in [4.78, 5) is 11.2. The first-order valence-electron chi connectivity index (χ1n) is 4.43. The predicted molar refractivity (Wildman–Crippen MR) is 38.8 cm³/mol. The summed E-state index contributed by atoms with van der Waals surface area (Å²) < 4.78 is 5.30. The van der Waals surface area contributed by atoms with Gasteiger partial charge in [-0.05, 0) is 25.2 Å². The van der Waals surface area contributed by atoms with Gasteiger partial charge in [-0.25, -0.2) is 0 Å². The van der Waals surface area contributed by atoms with Crippen LogP contribution < -0.4 is 0 Å². The molecule has 2 heteroatoms. The number of carbonyl (C=O) groups is 1. The topological polar surface area (TPSA) is 26.3 Å². The lowest BCUT2D eigenvalue weighted by atomic mass is 9.56. The minimum atomic E-state index is 0.0773. The Labute approximate surface area is 65.9 Å². The Morgan fingerprint density at radius 1 is 1.55 bits per heavy atom. The molecule has 2 saturated carbocycles. The molecule has 3 fully saturated rings. The van der Waals surface area contributed by atoms with Crippen LogP contribution in [0.2, 0.25) is 0 Å². The van der Waals surface area contributed by atoms with Gasteiger partial charge in [0.1, 0.15) is 6.10 Å². The monoisotopic (exact) mass is 152 g/mol. The fraction of sp³-hybridized carbons (Fsp3) is 0.889. The molecular formula is C9H12O2. The minimum absolute atomic E-state index is 0.0773. The standard InChI is InChI=1S/C9H12O2/c1-9-5-2-3-7(9)11-8(10)6(9)4-5/h5-7H,2-4H2,1H3/t5-,6-,7-,9-/m0/s1. The lowest BCUT2D eigenvalue weighted by Gasteiger charge is -2.44. The summed E-state index contributed by atoms with van der Waals surface area (Å²) >= 11 is 0. The molecule has 2 aliphatic carbocycles. The van der Waals surface area contributed by atoms with Crippen molar-refractivity contribution in [1.82, 2.24) is 0 Å². The van der Waals surface area contributed by atoms with E-state index in [1.54, 1.807) is 0 Å². The second kappa shape index (κ2) is 1.47. The van der Waals surface area contributed by atoms with Crippen molar-refractivity contribution in [2.75, 3.05) is 0 Å². The molecule has 3 rings (SSSR count). The Kier molecular flexibility index (Phi) is 0.809. The maximum absolute atomic E-state index is 11.2. The molecule has 1 heterocycles. The molecular weight excluding hydrogens is 140 g/mol. The Morgan fingerprint density at radius 3 is 3.09 bits per heavy atom. The number of rotatable bonds is 0. The highest BCUT2D eigenvalue weighted by Crippen LogP contribution is 2.65. The van der Waals surface area contributed by atoms with Crippen molar-refractivity contribution in [3.63, 3.8) is 0 Å². The van der Waals surface area contributed by atoms with Gasteiger partial charge >= 0.3 is 5.97 Å². The fourth-order valence-corrected chi connectivity index (χ4v) is 3.25. The molecule has 0 unspecified atom stereocenters. The highest BCUT2D eigenvalue weighted by Gasteiger charge is 2.68. The predicted octanol–water partition coefficient (Wildman–Crippen LogP) is 1.35. The Hall–Kier alpha value is -0.530. The van der Waals surface area contributed by atoms with Gasteiger partial charge < -0.3 is 4.74 Å². The van der Waals surface area contributed by atoms with Crippen LogP contribution in [-0.4, -0.2) is 12.1 Å². The number of hydrogen-bond acceptors (Lipinski definition) is 2. The van der Waals surface area contributed by atoms with Gasteiger partial charge in [0.05, 0.1) is 5.92 Å². The van der Waals surface area contributed by atoms with Crippen LogP contribution in [-0.2, 0) is 9.53 Å². The number of carbonyl (C=O) groups excluding carboxylic acids is 1. The smallest absolute Gasteiger partial charge is 0.309 e. The van der Waals surface area contributed by atoms with Gasteiger partial charge in [0, 0.05) is 5.41 Å². The normalized spacial score (nSPS) is 58.6. The largest absolute Gasteiger partial charge is 0.462 e. The average molecular weight is 152 g/mol. The molecule has 0 amide bonds. The molecule has 0 bridgehead atoms. The van der Waals surface area contributed by atoms with E-state index in [1.165, 1.54) is 6.42 Å². The number of hydrogen-bond donors (Lipinski definition) is 0. The maximum atomic E-state index is 11.2. The van der Waals surface area contributed by atoms with Crippen LogP contribution in [0.1, 0.15) is 26.2 Å². The van der Waals surface area contributed by atoms with E-state index >= 15 is 0 Å². The SMILES string of the molecule is C[C@@]12[C@H]3CC[C@@H]1OC(=O)[C@@H]2C3. The Bertz CT molecular complexity index is 236. The molecule has 0 spiro atoms. The van der Waals surface area contributed by atoms with Crippen LogP contribution in [0, 0.1) is 17.3 Å². The van der Waals surface area contributed by atoms with Gasteiger partial charge in [-0.3, -0.25) is 4.79 Å². The molecule has 1 saturated heterocycles. The zero-order valence-corrected chi connectivity index (χ0v) is 6.67. The number of ether oxygens (including phenoxy) is 1. The second-order valence-corrected chi connectivity index (χ2v) is 4.35. The zero-order chi connectivity index (χ0) is 7.64. The van der Waals surface area contributed by atoms with Crippen LogP contribution in [0.4, 0.5) is 0 Å². The molecule has 0 aromatic rings. The van der Waals surface area contributed by atoms with Crippen molar-refractivity contribution in [1.29, 1.82) is 0 Å². The average Bonchev–Trinajstić information content (AvgIpc) is 2.20. The molecule has 0 radical (unpaired) electrons. The van der Waals surface area contributed by atoms with Gasteiger partial charge in [-0.2, -0.15) is 0 Å². The molecule has 11 heavy (non-hydrogen) atoms. The molecule has 0 aromatic heterocycles. The van der Waals surface area contributed by atoms with Crippen LogP contribution in [0.3, 0.4) is 0 Å². The molecule has 2 nitrogen and oxygen atoms in total. The van der Waals surface area contributed by atoms with Crippen LogP contribution in [0.5, 0.6) is 0 Å². The van der Waals surface area contributed by atoms with Crippen LogP contribution >= 0.6 is 0 Å². The third-order valence-electron chi connectivity index (χ3n) is 4.16. The first-order valence-corrected chi connectivity index (χ1v) is 4.43. The quantitative estimate of drug-likeness (QED) is 0.490. The van der Waals surface area contributed by atoms with Crippen LogP contribution in [0.15, 0.2) is 0 Å². The molecule has 3 aliphatic rings. The third-order valence-corrected chi connectivity index (χ3v) is 4.16. The summed E-state index contributed by atoms with van der Waals surface area (Å²) in [6.45, 7) is 2.23. The van der Waals surface area contributed by atoms with Gasteiger partial charge in [0.2, 0.25) is 0 Å². The fourth-order valence-electron chi connectivity index (χ4n) is 3.25. The first-order chi connectivity index (χ1) is 5.23. The van der Waals surface area contributed by atoms with E-state index in [-0.39, 0.29) is 23.4 Å². The summed E-state index contributed by atoms with van der Waals surface area (Å²) in [6, 6.07) is 0. The van der Waals surface area contributed by atoms with Gasteiger partial charge in [0.25, 0.3) is 0 Å². The molecule has 1 aliphatic heterocycles. The minimum Gasteiger partial charge on any atom is -0.462 e. The Balaban J connectivity index is 2.06. The van der Waals surface area contributed by atoms with E-state index in [1.807, 2.05) is 0 Å². The highest BCUT2D eigenvalue weighted by atomic mass is 16.6. The molecule has 60 valence electrons. The molecule has 4 atom stereocenters. The van der Waals surface area contributed by atoms with E-state index in [0.717, 1.165) is 18.8 Å². The summed E-state index contributed by atoms with van der Waals surface area (Å²) in [5.41, 5.74) is 0.261. The van der Waals surface area contributed by atoms with Crippen molar-refractivity contribution < 1.29 is 9.53 Å². The van der Waals surface area contributed by atoms with Gasteiger partial charge in [0.15, 0.2) is 0 Å². The summed E-state index contributed by atoms with van der Waals surface area (Å²) in [6.07, 6.45) is 3.78. The van der Waals surface area contributed by atoms with Crippen molar-refractivity contribution >= 4 is 5.97 Å².